The molecule has 0 atom stereocenters. The van der Waals surface area contributed by atoms with Gasteiger partial charge in [0, 0.05) is 11.3 Å². The van der Waals surface area contributed by atoms with Gasteiger partial charge in [-0.2, -0.15) is 0 Å². The molecule has 0 aliphatic rings. The Morgan fingerprint density at radius 2 is 1.81 bits per heavy atom. The molecule has 0 aliphatic carbocycles. The fraction of sp³-hybridized carbons (Fsp3) is 0.167. The lowest BCUT2D eigenvalue weighted by molar-refractivity contribution is -0.146. The highest BCUT2D eigenvalue weighted by molar-refractivity contribution is 5.96. The van der Waals surface area contributed by atoms with Gasteiger partial charge in [-0.15, -0.1) is 0 Å². The molecule has 0 heterocycles. The number of ether oxygens (including phenoxy) is 2. The summed E-state index contributed by atoms with van der Waals surface area (Å²) in [6.45, 7) is -0.939. The molecule has 0 fully saturated rings. The minimum absolute atomic E-state index is 0.249. The largest absolute Gasteiger partial charge is 0.497 e. The molecule has 0 saturated carbocycles. The summed E-state index contributed by atoms with van der Waals surface area (Å²) in [4.78, 5) is 35.1. The van der Waals surface area contributed by atoms with E-state index in [1.807, 2.05) is 0 Å². The van der Waals surface area contributed by atoms with Crippen molar-refractivity contribution >= 4 is 23.5 Å². The van der Waals surface area contributed by atoms with Crippen LogP contribution in [0.4, 0.5) is 10.1 Å². The maximum absolute atomic E-state index is 13.0. The van der Waals surface area contributed by atoms with Gasteiger partial charge >= 0.3 is 5.97 Å². The fourth-order valence-electron chi connectivity index (χ4n) is 1.96. The first-order valence-corrected chi connectivity index (χ1v) is 7.61. The van der Waals surface area contributed by atoms with Crippen LogP contribution in [0.3, 0.4) is 0 Å². The van der Waals surface area contributed by atoms with Crippen molar-refractivity contribution < 1.29 is 28.2 Å². The quantitative estimate of drug-likeness (QED) is 0.734. The summed E-state index contributed by atoms with van der Waals surface area (Å²) < 4.78 is 22.7. The molecule has 2 aromatic rings. The van der Waals surface area contributed by atoms with Gasteiger partial charge in [-0.3, -0.25) is 14.4 Å². The van der Waals surface area contributed by atoms with E-state index in [2.05, 4.69) is 10.6 Å². The van der Waals surface area contributed by atoms with Gasteiger partial charge in [0.25, 0.3) is 11.8 Å². The van der Waals surface area contributed by atoms with Crippen LogP contribution in [-0.4, -0.2) is 38.0 Å². The zero-order valence-electron chi connectivity index (χ0n) is 14.0. The van der Waals surface area contributed by atoms with Crippen LogP contribution in [0, 0.1) is 5.82 Å². The Hall–Kier alpha value is -3.42. The zero-order chi connectivity index (χ0) is 18.9. The van der Waals surface area contributed by atoms with Crippen LogP contribution in [0.15, 0.2) is 48.5 Å². The van der Waals surface area contributed by atoms with E-state index in [4.69, 9.17) is 9.47 Å². The van der Waals surface area contributed by atoms with Gasteiger partial charge in [0.1, 0.15) is 18.1 Å². The molecule has 0 radical (unpaired) electrons. The zero-order valence-corrected chi connectivity index (χ0v) is 14.0. The third kappa shape index (κ3) is 5.90. The van der Waals surface area contributed by atoms with Crippen molar-refractivity contribution in [2.75, 3.05) is 25.6 Å². The van der Waals surface area contributed by atoms with E-state index in [0.717, 1.165) is 6.07 Å². The summed E-state index contributed by atoms with van der Waals surface area (Å²) in [5, 5.41) is 4.77. The summed E-state index contributed by atoms with van der Waals surface area (Å²) in [6.07, 6.45) is 0. The van der Waals surface area contributed by atoms with Crippen molar-refractivity contribution in [3.63, 3.8) is 0 Å². The van der Waals surface area contributed by atoms with Crippen molar-refractivity contribution in [2.45, 2.75) is 0 Å². The predicted molar refractivity (Wildman–Crippen MR) is 91.3 cm³/mol. The molecule has 0 spiro atoms. The number of hydrogen-bond acceptors (Lipinski definition) is 5. The van der Waals surface area contributed by atoms with E-state index >= 15 is 0 Å². The third-order valence-corrected chi connectivity index (χ3v) is 3.22. The number of rotatable bonds is 7. The van der Waals surface area contributed by atoms with E-state index in [1.165, 1.54) is 25.3 Å². The van der Waals surface area contributed by atoms with Crippen LogP contribution < -0.4 is 15.4 Å². The van der Waals surface area contributed by atoms with Crippen molar-refractivity contribution in [2.24, 2.45) is 0 Å². The van der Waals surface area contributed by atoms with Crippen LogP contribution in [0.5, 0.6) is 5.75 Å². The number of halogens is 1. The second-order valence-corrected chi connectivity index (χ2v) is 5.13. The minimum Gasteiger partial charge on any atom is -0.497 e. The maximum atomic E-state index is 13.0. The number of esters is 1. The van der Waals surface area contributed by atoms with E-state index < -0.39 is 36.8 Å². The molecule has 136 valence electrons. The molecule has 8 heteroatoms. The molecule has 2 N–H and O–H groups in total. The number of hydrogen-bond donors (Lipinski definition) is 2. The molecule has 2 amide bonds. The van der Waals surface area contributed by atoms with E-state index in [0.29, 0.717) is 11.3 Å². The second-order valence-electron chi connectivity index (χ2n) is 5.13. The summed E-state index contributed by atoms with van der Waals surface area (Å²) in [6, 6.07) is 11.6. The van der Waals surface area contributed by atoms with Gasteiger partial charge in [0.15, 0.2) is 6.61 Å². The van der Waals surface area contributed by atoms with Gasteiger partial charge in [0.05, 0.1) is 7.11 Å². The van der Waals surface area contributed by atoms with Crippen LogP contribution in [0.2, 0.25) is 0 Å². The Bertz CT molecular complexity index is 792. The highest BCUT2D eigenvalue weighted by atomic mass is 19.1. The number of anilines is 1. The summed E-state index contributed by atoms with van der Waals surface area (Å²) in [5.41, 5.74) is 0.598. The van der Waals surface area contributed by atoms with Crippen LogP contribution in [0.1, 0.15) is 10.4 Å². The van der Waals surface area contributed by atoms with Gasteiger partial charge < -0.3 is 20.1 Å². The van der Waals surface area contributed by atoms with Gasteiger partial charge in [-0.1, -0.05) is 6.07 Å². The van der Waals surface area contributed by atoms with E-state index in [9.17, 15) is 18.8 Å². The normalized spacial score (nSPS) is 9.92. The third-order valence-electron chi connectivity index (χ3n) is 3.22. The van der Waals surface area contributed by atoms with E-state index in [-0.39, 0.29) is 5.69 Å². The van der Waals surface area contributed by atoms with Crippen molar-refractivity contribution in [1.82, 2.24) is 5.32 Å². The average molecular weight is 360 g/mol. The smallest absolute Gasteiger partial charge is 0.325 e. The van der Waals surface area contributed by atoms with E-state index in [1.54, 1.807) is 24.3 Å². The number of methoxy groups -OCH3 is 1. The first kappa shape index (κ1) is 18.9. The van der Waals surface area contributed by atoms with Crippen LogP contribution >= 0.6 is 0 Å². The average Bonchev–Trinajstić information content (AvgIpc) is 2.64. The highest BCUT2D eigenvalue weighted by Gasteiger charge is 2.11. The Morgan fingerprint density at radius 3 is 2.46 bits per heavy atom. The lowest BCUT2D eigenvalue weighted by atomic mass is 10.2. The van der Waals surface area contributed by atoms with Crippen molar-refractivity contribution in [3.05, 3.63) is 59.9 Å². The summed E-state index contributed by atoms with van der Waals surface area (Å²) in [7, 11) is 1.51. The molecule has 2 rings (SSSR count). The van der Waals surface area contributed by atoms with Crippen LogP contribution in [0.25, 0.3) is 0 Å². The lowest BCUT2D eigenvalue weighted by Crippen LogP contribution is -2.32. The Kier molecular flexibility index (Phi) is 6.67. The first-order chi connectivity index (χ1) is 12.5. The minimum atomic E-state index is -0.777. The molecule has 0 unspecified atom stereocenters. The highest BCUT2D eigenvalue weighted by Crippen LogP contribution is 2.11. The van der Waals surface area contributed by atoms with Crippen molar-refractivity contribution in [3.8, 4) is 5.75 Å². The molecular weight excluding hydrogens is 343 g/mol. The summed E-state index contributed by atoms with van der Waals surface area (Å²) >= 11 is 0. The maximum Gasteiger partial charge on any atom is 0.325 e. The second kappa shape index (κ2) is 9.16. The molecule has 7 nitrogen and oxygen atoms in total. The van der Waals surface area contributed by atoms with Crippen molar-refractivity contribution in [1.29, 1.82) is 0 Å². The number of amides is 2. The molecule has 0 aliphatic heterocycles. The van der Waals surface area contributed by atoms with Gasteiger partial charge in [-0.05, 0) is 42.5 Å². The predicted octanol–water partition coefficient (Wildman–Crippen LogP) is 1.75. The molecule has 0 saturated heterocycles. The SMILES string of the molecule is COc1ccc(C(=O)NCC(=O)OCC(=O)Nc2cccc(F)c2)cc1. The Labute approximate surface area is 149 Å². The molecular formula is C18H17FN2O5. The lowest BCUT2D eigenvalue weighted by Gasteiger charge is -2.08. The topological polar surface area (TPSA) is 93.7 Å². The van der Waals surface area contributed by atoms with Crippen LogP contribution in [-0.2, 0) is 14.3 Å². The molecule has 2 aromatic carbocycles. The fourth-order valence-corrected chi connectivity index (χ4v) is 1.96. The number of nitrogens with one attached hydrogen (secondary N) is 2. The molecule has 26 heavy (non-hydrogen) atoms. The number of benzene rings is 2. The first-order valence-electron chi connectivity index (χ1n) is 7.61. The van der Waals surface area contributed by atoms with Gasteiger partial charge in [0.2, 0.25) is 0 Å². The monoisotopic (exact) mass is 360 g/mol. The molecule has 0 aromatic heterocycles. The Morgan fingerprint density at radius 1 is 1.08 bits per heavy atom. The number of carbonyl (C=O) groups is 3. The standard InChI is InChI=1S/C18H17FN2O5/c1-25-15-7-5-12(6-8-15)18(24)20-10-17(23)26-11-16(22)21-14-4-2-3-13(19)9-14/h2-9H,10-11H2,1H3,(H,20,24)(H,21,22). The number of carbonyl (C=O) groups excluding carboxylic acids is 3. The molecule has 0 bridgehead atoms. The van der Waals surface area contributed by atoms with Gasteiger partial charge in [-0.25, -0.2) is 4.39 Å². The Balaban J connectivity index is 1.72. The summed E-state index contributed by atoms with van der Waals surface area (Å²) in [5.74, 6) is -1.76.